The van der Waals surface area contributed by atoms with E-state index in [0.717, 1.165) is 30.6 Å². The number of hydrogen-bond acceptors (Lipinski definition) is 6. The van der Waals surface area contributed by atoms with Crippen LogP contribution in [0, 0.1) is 0 Å². The molecule has 10 heteroatoms. The number of amides is 4. The summed E-state index contributed by atoms with van der Waals surface area (Å²) in [5, 5.41) is 12.1. The number of unbranched alkanes of at least 4 members (excludes halogenated alkanes) is 1. The number of fused-ring (bicyclic) bond motifs is 1. The lowest BCUT2D eigenvalue weighted by atomic mass is 10.0. The third-order valence-electron chi connectivity index (χ3n) is 5.62. The molecule has 3 atom stereocenters. The van der Waals surface area contributed by atoms with Gasteiger partial charge in [-0.3, -0.25) is 9.59 Å². The van der Waals surface area contributed by atoms with Crippen LogP contribution < -0.4 is 27.0 Å². The molecule has 8 nitrogen and oxygen atoms in total. The summed E-state index contributed by atoms with van der Waals surface area (Å²) in [7, 11) is 0. The van der Waals surface area contributed by atoms with Gasteiger partial charge in [-0.15, -0.1) is 0 Å². The first kappa shape index (κ1) is 23.6. The van der Waals surface area contributed by atoms with Crippen LogP contribution in [0.15, 0.2) is 18.2 Å². The van der Waals surface area contributed by atoms with Gasteiger partial charge in [-0.1, -0.05) is 12.5 Å². The summed E-state index contributed by atoms with van der Waals surface area (Å²) in [6, 6.07) is 5.60. The molecule has 0 saturated carbocycles. The Balaban J connectivity index is 1.22. The van der Waals surface area contributed by atoms with Crippen LogP contribution in [-0.4, -0.2) is 54.0 Å². The number of nitrogens with one attached hydrogen (secondary N) is 4. The van der Waals surface area contributed by atoms with Crippen molar-refractivity contribution in [2.45, 2.75) is 55.2 Å². The van der Waals surface area contributed by atoms with Crippen molar-refractivity contribution in [3.63, 3.8) is 0 Å². The van der Waals surface area contributed by atoms with Gasteiger partial charge in [-0.2, -0.15) is 24.4 Å². The number of carbonyl (C=O) groups is 3. The average Bonchev–Trinajstić information content (AvgIpc) is 3.30. The zero-order valence-corrected chi connectivity index (χ0v) is 19.2. The molecule has 2 aliphatic heterocycles. The van der Waals surface area contributed by atoms with Gasteiger partial charge >= 0.3 is 6.03 Å². The van der Waals surface area contributed by atoms with Crippen molar-refractivity contribution >= 4 is 47.9 Å². The molecular formula is C21H31N5O3S2. The van der Waals surface area contributed by atoms with Crippen LogP contribution in [0.4, 0.5) is 10.5 Å². The third-order valence-corrected chi connectivity index (χ3v) is 7.47. The monoisotopic (exact) mass is 465 g/mol. The Morgan fingerprint density at radius 1 is 1.16 bits per heavy atom. The average molecular weight is 466 g/mol. The number of thiol groups is 1. The quantitative estimate of drug-likeness (QED) is 0.128. The van der Waals surface area contributed by atoms with Crippen molar-refractivity contribution in [2.75, 3.05) is 24.6 Å². The van der Waals surface area contributed by atoms with Crippen molar-refractivity contribution in [2.24, 2.45) is 0 Å². The first-order valence-corrected chi connectivity index (χ1v) is 12.4. The summed E-state index contributed by atoms with van der Waals surface area (Å²) < 4.78 is 0. The van der Waals surface area contributed by atoms with E-state index in [4.69, 9.17) is 5.73 Å². The molecule has 0 radical (unpaired) electrons. The molecule has 3 rings (SSSR count). The molecule has 1 aromatic carbocycles. The summed E-state index contributed by atoms with van der Waals surface area (Å²) in [5.74, 6) is 1.35. The lowest BCUT2D eigenvalue weighted by Gasteiger charge is -2.16. The van der Waals surface area contributed by atoms with Crippen LogP contribution >= 0.6 is 24.4 Å². The number of benzene rings is 1. The molecule has 1 aromatic rings. The lowest BCUT2D eigenvalue weighted by molar-refractivity contribution is -0.121. The molecule has 2 fully saturated rings. The molecule has 170 valence electrons. The van der Waals surface area contributed by atoms with E-state index >= 15 is 0 Å². The van der Waals surface area contributed by atoms with E-state index in [1.54, 1.807) is 12.1 Å². The predicted molar refractivity (Wildman–Crippen MR) is 127 cm³/mol. The van der Waals surface area contributed by atoms with E-state index in [2.05, 4.69) is 33.9 Å². The molecule has 0 aliphatic carbocycles. The van der Waals surface area contributed by atoms with Crippen LogP contribution in [0.3, 0.4) is 0 Å². The van der Waals surface area contributed by atoms with Crippen molar-refractivity contribution in [3.8, 4) is 0 Å². The first-order valence-electron chi connectivity index (χ1n) is 10.7. The number of rotatable bonds is 11. The van der Waals surface area contributed by atoms with E-state index in [1.807, 2.05) is 17.8 Å². The summed E-state index contributed by atoms with van der Waals surface area (Å²) in [5.41, 5.74) is 7.88. The minimum atomic E-state index is -0.176. The van der Waals surface area contributed by atoms with Gasteiger partial charge in [0.25, 0.3) is 5.91 Å². The number of thioether (sulfide) groups is 1. The summed E-state index contributed by atoms with van der Waals surface area (Å²) >= 11 is 6.09. The Hall–Kier alpha value is -2.07. The third kappa shape index (κ3) is 6.70. The summed E-state index contributed by atoms with van der Waals surface area (Å²) in [6.07, 6.45) is 3.97. The van der Waals surface area contributed by atoms with Crippen LogP contribution in [0.5, 0.6) is 0 Å². The predicted octanol–water partition coefficient (Wildman–Crippen LogP) is 1.66. The molecule has 2 unspecified atom stereocenters. The Morgan fingerprint density at radius 2 is 1.97 bits per heavy atom. The van der Waals surface area contributed by atoms with Crippen molar-refractivity contribution in [3.05, 3.63) is 29.3 Å². The van der Waals surface area contributed by atoms with Gasteiger partial charge in [0.15, 0.2) is 0 Å². The van der Waals surface area contributed by atoms with Gasteiger partial charge in [0.2, 0.25) is 5.91 Å². The zero-order chi connectivity index (χ0) is 22.2. The second-order valence-corrected chi connectivity index (χ2v) is 9.49. The number of urea groups is 1. The van der Waals surface area contributed by atoms with E-state index in [9.17, 15) is 14.4 Å². The van der Waals surface area contributed by atoms with Crippen LogP contribution in [0.25, 0.3) is 0 Å². The second kappa shape index (κ2) is 11.5. The molecule has 0 spiro atoms. The number of carbonyl (C=O) groups excluding carboxylic acids is 3. The highest BCUT2D eigenvalue weighted by atomic mass is 32.2. The van der Waals surface area contributed by atoms with E-state index in [-0.39, 0.29) is 29.9 Å². The van der Waals surface area contributed by atoms with E-state index in [1.165, 1.54) is 0 Å². The fraction of sp³-hybridized carbons (Fsp3) is 0.571. The normalized spacial score (nSPS) is 21.8. The van der Waals surface area contributed by atoms with Gasteiger partial charge in [0, 0.05) is 47.5 Å². The number of hydrogen-bond donors (Lipinski definition) is 6. The Kier molecular flexibility index (Phi) is 8.77. The van der Waals surface area contributed by atoms with Gasteiger partial charge in [0.05, 0.1) is 12.1 Å². The molecule has 2 saturated heterocycles. The number of nitrogens with two attached hydrogens (primary N) is 1. The van der Waals surface area contributed by atoms with Crippen LogP contribution in [-0.2, 0) is 10.5 Å². The fourth-order valence-electron chi connectivity index (χ4n) is 3.86. The SMILES string of the molecule is Nc1cc(C(=O)NCCCNC(=O)CCCC[C@H]2SCC3NC(=O)NC32)ccc1CS. The largest absolute Gasteiger partial charge is 0.398 e. The highest BCUT2D eigenvalue weighted by Gasteiger charge is 2.42. The minimum Gasteiger partial charge on any atom is -0.398 e. The van der Waals surface area contributed by atoms with E-state index in [0.29, 0.717) is 48.2 Å². The van der Waals surface area contributed by atoms with Gasteiger partial charge in [-0.25, -0.2) is 4.79 Å². The molecule has 0 bridgehead atoms. The smallest absolute Gasteiger partial charge is 0.315 e. The van der Waals surface area contributed by atoms with Crippen molar-refractivity contribution in [1.29, 1.82) is 0 Å². The second-order valence-electron chi connectivity index (χ2n) is 7.90. The molecule has 4 amide bonds. The Labute approximate surface area is 192 Å². The Morgan fingerprint density at radius 3 is 2.74 bits per heavy atom. The summed E-state index contributed by atoms with van der Waals surface area (Å²) in [4.78, 5) is 35.6. The van der Waals surface area contributed by atoms with Crippen molar-refractivity contribution < 1.29 is 14.4 Å². The van der Waals surface area contributed by atoms with Crippen LogP contribution in [0.2, 0.25) is 0 Å². The van der Waals surface area contributed by atoms with Gasteiger partial charge in [0.1, 0.15) is 0 Å². The molecule has 2 aliphatic rings. The standard InChI is InChI=1S/C21H31N5O3S2/c22-15-10-13(6-7-14(15)11-30)20(28)24-9-3-8-23-18(27)5-2-1-4-17-19-16(12-31-17)25-21(29)26-19/h6-7,10,16-17,19,30H,1-5,8-9,11-12,22H2,(H,23,27)(H,24,28)(H2,25,26,29)/t16?,17-,19?/m1/s1. The van der Waals surface area contributed by atoms with E-state index < -0.39 is 0 Å². The first-order chi connectivity index (χ1) is 15.0. The Bertz CT molecular complexity index is 807. The molecule has 2 heterocycles. The zero-order valence-electron chi connectivity index (χ0n) is 17.5. The highest BCUT2D eigenvalue weighted by molar-refractivity contribution is 8.00. The van der Waals surface area contributed by atoms with Crippen molar-refractivity contribution in [1.82, 2.24) is 21.3 Å². The molecule has 31 heavy (non-hydrogen) atoms. The minimum absolute atomic E-state index is 0.0363. The maximum Gasteiger partial charge on any atom is 0.315 e. The molecule has 6 N–H and O–H groups in total. The molecular weight excluding hydrogens is 434 g/mol. The van der Waals surface area contributed by atoms with Gasteiger partial charge in [-0.05, 0) is 37.0 Å². The number of nitrogen functional groups attached to an aromatic ring is 1. The molecule has 0 aromatic heterocycles. The van der Waals surface area contributed by atoms with Gasteiger partial charge < -0.3 is 27.0 Å². The summed E-state index contributed by atoms with van der Waals surface area (Å²) in [6.45, 7) is 1.01. The maximum absolute atomic E-state index is 12.2. The topological polar surface area (TPSA) is 125 Å². The fourth-order valence-corrected chi connectivity index (χ4v) is 5.69. The number of anilines is 1. The maximum atomic E-state index is 12.2. The highest BCUT2D eigenvalue weighted by Crippen LogP contribution is 2.33. The van der Waals surface area contributed by atoms with Crippen LogP contribution in [0.1, 0.15) is 48.0 Å². The lowest BCUT2D eigenvalue weighted by Crippen LogP contribution is -2.36.